The van der Waals surface area contributed by atoms with Crippen LogP contribution in [0.2, 0.25) is 0 Å². The first-order valence-electron chi connectivity index (χ1n) is 9.60. The summed E-state index contributed by atoms with van der Waals surface area (Å²) in [6, 6.07) is 12.9. The van der Waals surface area contributed by atoms with Crippen molar-refractivity contribution >= 4 is 22.6 Å². The second kappa shape index (κ2) is 7.94. The van der Waals surface area contributed by atoms with Crippen LogP contribution in [0.1, 0.15) is 18.2 Å². The fraction of sp³-hybridized carbons (Fsp3) is 0.174. The Morgan fingerprint density at radius 1 is 1.17 bits per heavy atom. The maximum Gasteiger partial charge on any atom is 0.245 e. The largest absolute Gasteiger partial charge is 0.359 e. The molecule has 2 aromatic carbocycles. The number of hydrogen-bond acceptors (Lipinski definition) is 4. The number of carbonyl (C=O) groups excluding carboxylic acids is 1. The number of fused-ring (bicyclic) bond motifs is 1. The maximum absolute atomic E-state index is 13.3. The predicted octanol–water partition coefficient (Wildman–Crippen LogP) is 4.31. The zero-order chi connectivity index (χ0) is 21.3. The monoisotopic (exact) mass is 405 g/mol. The highest BCUT2D eigenvalue weighted by atomic mass is 19.1. The van der Waals surface area contributed by atoms with E-state index in [-0.39, 0.29) is 23.7 Å². The molecule has 7 heteroatoms. The third-order valence-corrected chi connectivity index (χ3v) is 4.88. The van der Waals surface area contributed by atoms with Gasteiger partial charge in [-0.1, -0.05) is 30.3 Å². The summed E-state index contributed by atoms with van der Waals surface area (Å²) in [5, 5.41) is 7.03. The van der Waals surface area contributed by atoms with Gasteiger partial charge in [0, 0.05) is 29.6 Å². The number of amides is 1. The number of rotatable bonds is 5. The number of carbonyl (C=O) groups is 1. The van der Waals surface area contributed by atoms with Gasteiger partial charge >= 0.3 is 0 Å². The van der Waals surface area contributed by atoms with E-state index in [1.165, 1.54) is 12.1 Å². The third-order valence-electron chi connectivity index (χ3n) is 4.88. The summed E-state index contributed by atoms with van der Waals surface area (Å²) >= 11 is 0. The van der Waals surface area contributed by atoms with Crippen molar-refractivity contribution in [3.8, 4) is 11.1 Å². The highest BCUT2D eigenvalue weighted by Gasteiger charge is 2.14. The van der Waals surface area contributed by atoms with Gasteiger partial charge in [0.2, 0.25) is 5.91 Å². The zero-order valence-corrected chi connectivity index (χ0v) is 16.6. The minimum atomic E-state index is -0.381. The predicted molar refractivity (Wildman–Crippen MR) is 113 cm³/mol. The summed E-state index contributed by atoms with van der Waals surface area (Å²) in [6.07, 6.45) is 2.31. The topological polar surface area (TPSA) is 77.1 Å². The standard InChI is InChI=1S/C23H20FN3O3/c1-3-17-11-21(26-30-17)25-22(28)13-27-12-19(15-5-7-16(24)8-6-15)23(29)18-9-4-14(2)10-20(18)27/h4-12H,3,13H2,1-2H3,(H,25,26,28). The van der Waals surface area contributed by atoms with E-state index in [2.05, 4.69) is 10.5 Å². The summed E-state index contributed by atoms with van der Waals surface area (Å²) < 4.78 is 20.2. The molecule has 4 aromatic rings. The minimum absolute atomic E-state index is 0.0251. The number of pyridine rings is 1. The van der Waals surface area contributed by atoms with Crippen LogP contribution in [-0.4, -0.2) is 15.6 Å². The number of nitrogens with zero attached hydrogens (tertiary/aromatic N) is 2. The van der Waals surface area contributed by atoms with Gasteiger partial charge in [-0.25, -0.2) is 4.39 Å². The Balaban J connectivity index is 1.76. The van der Waals surface area contributed by atoms with Crippen LogP contribution < -0.4 is 10.7 Å². The van der Waals surface area contributed by atoms with E-state index in [1.807, 2.05) is 26.0 Å². The second-order valence-electron chi connectivity index (χ2n) is 7.11. The molecule has 0 aliphatic rings. The molecule has 0 unspecified atom stereocenters. The van der Waals surface area contributed by atoms with Crippen molar-refractivity contribution in [3.63, 3.8) is 0 Å². The average molecular weight is 405 g/mol. The summed E-state index contributed by atoms with van der Waals surface area (Å²) in [5.74, 6) is 0.335. The molecule has 0 bridgehead atoms. The van der Waals surface area contributed by atoms with Crippen LogP contribution in [0.3, 0.4) is 0 Å². The first-order chi connectivity index (χ1) is 14.4. The molecule has 6 nitrogen and oxygen atoms in total. The minimum Gasteiger partial charge on any atom is -0.359 e. The molecule has 1 amide bonds. The van der Waals surface area contributed by atoms with Crippen LogP contribution in [0.25, 0.3) is 22.0 Å². The molecule has 2 aromatic heterocycles. The van der Waals surface area contributed by atoms with Crippen LogP contribution >= 0.6 is 0 Å². The fourth-order valence-electron chi connectivity index (χ4n) is 3.34. The van der Waals surface area contributed by atoms with Gasteiger partial charge in [0.25, 0.3) is 0 Å². The smallest absolute Gasteiger partial charge is 0.245 e. The Hall–Kier alpha value is -3.74. The normalized spacial score (nSPS) is 11.0. The van der Waals surface area contributed by atoms with E-state index in [1.54, 1.807) is 35.0 Å². The van der Waals surface area contributed by atoms with E-state index in [0.29, 0.717) is 40.0 Å². The lowest BCUT2D eigenvalue weighted by Gasteiger charge is -2.14. The fourth-order valence-corrected chi connectivity index (χ4v) is 3.34. The maximum atomic E-state index is 13.3. The Labute approximate surface area is 171 Å². The molecule has 0 aliphatic carbocycles. The van der Waals surface area contributed by atoms with Crippen molar-refractivity contribution in [1.29, 1.82) is 0 Å². The first-order valence-corrected chi connectivity index (χ1v) is 9.60. The summed E-state index contributed by atoms with van der Waals surface area (Å²) in [6.45, 7) is 3.82. The lowest BCUT2D eigenvalue weighted by atomic mass is 10.0. The molecule has 2 heterocycles. The summed E-state index contributed by atoms with van der Waals surface area (Å²) in [7, 11) is 0. The SMILES string of the molecule is CCc1cc(NC(=O)Cn2cc(-c3ccc(F)cc3)c(=O)c3ccc(C)cc32)no1. The third kappa shape index (κ3) is 3.87. The highest BCUT2D eigenvalue weighted by molar-refractivity contribution is 5.92. The van der Waals surface area contributed by atoms with Crippen LogP contribution in [0.15, 0.2) is 64.0 Å². The lowest BCUT2D eigenvalue weighted by Crippen LogP contribution is -2.21. The van der Waals surface area contributed by atoms with Crippen molar-refractivity contribution in [2.45, 2.75) is 26.8 Å². The number of halogens is 1. The van der Waals surface area contributed by atoms with E-state index < -0.39 is 0 Å². The molecule has 0 atom stereocenters. The van der Waals surface area contributed by atoms with Crippen LogP contribution in [0.4, 0.5) is 10.2 Å². The average Bonchev–Trinajstić information content (AvgIpc) is 3.18. The Kier molecular flexibility index (Phi) is 5.18. The number of benzene rings is 2. The summed E-state index contributed by atoms with van der Waals surface area (Å²) in [5.41, 5.74) is 2.43. The van der Waals surface area contributed by atoms with E-state index in [0.717, 1.165) is 5.56 Å². The number of anilines is 1. The van der Waals surface area contributed by atoms with Gasteiger partial charge in [0.05, 0.1) is 5.52 Å². The van der Waals surface area contributed by atoms with Crippen LogP contribution in [-0.2, 0) is 17.8 Å². The lowest BCUT2D eigenvalue weighted by molar-refractivity contribution is -0.116. The second-order valence-corrected chi connectivity index (χ2v) is 7.11. The van der Waals surface area contributed by atoms with Crippen molar-refractivity contribution < 1.29 is 13.7 Å². The van der Waals surface area contributed by atoms with Crippen LogP contribution in [0, 0.1) is 12.7 Å². The zero-order valence-electron chi connectivity index (χ0n) is 16.6. The van der Waals surface area contributed by atoms with E-state index in [9.17, 15) is 14.0 Å². The Morgan fingerprint density at radius 2 is 1.93 bits per heavy atom. The summed E-state index contributed by atoms with van der Waals surface area (Å²) in [4.78, 5) is 25.7. The number of nitrogens with one attached hydrogen (secondary N) is 1. The van der Waals surface area contributed by atoms with Gasteiger partial charge in [0.15, 0.2) is 11.2 Å². The molecule has 30 heavy (non-hydrogen) atoms. The van der Waals surface area contributed by atoms with Crippen LogP contribution in [0.5, 0.6) is 0 Å². The molecule has 0 fully saturated rings. The van der Waals surface area contributed by atoms with Gasteiger partial charge in [-0.15, -0.1) is 0 Å². The molecule has 0 spiro atoms. The van der Waals surface area contributed by atoms with Crippen molar-refractivity contribution in [2.75, 3.05) is 5.32 Å². The number of hydrogen-bond donors (Lipinski definition) is 1. The molecule has 0 aliphatic heterocycles. The van der Waals surface area contributed by atoms with Gasteiger partial charge in [-0.05, 0) is 42.3 Å². The van der Waals surface area contributed by atoms with Gasteiger partial charge in [-0.2, -0.15) is 0 Å². The quantitative estimate of drug-likeness (QED) is 0.537. The van der Waals surface area contributed by atoms with E-state index in [4.69, 9.17) is 4.52 Å². The molecular formula is C23H20FN3O3. The highest BCUT2D eigenvalue weighted by Crippen LogP contribution is 2.21. The number of aromatic nitrogens is 2. The molecule has 0 saturated carbocycles. The Bertz CT molecular complexity index is 1290. The van der Waals surface area contributed by atoms with E-state index >= 15 is 0 Å². The number of aryl methyl sites for hydroxylation is 2. The van der Waals surface area contributed by atoms with Gasteiger partial charge < -0.3 is 14.4 Å². The Morgan fingerprint density at radius 3 is 2.63 bits per heavy atom. The molecule has 1 N–H and O–H groups in total. The molecular weight excluding hydrogens is 385 g/mol. The molecule has 152 valence electrons. The van der Waals surface area contributed by atoms with Crippen molar-refractivity contribution in [2.24, 2.45) is 0 Å². The van der Waals surface area contributed by atoms with Gasteiger partial charge in [0.1, 0.15) is 18.1 Å². The van der Waals surface area contributed by atoms with Crippen molar-refractivity contribution in [3.05, 3.63) is 82.1 Å². The van der Waals surface area contributed by atoms with Crippen molar-refractivity contribution in [1.82, 2.24) is 9.72 Å². The first kappa shape index (κ1) is 19.6. The molecule has 4 rings (SSSR count). The molecule has 0 radical (unpaired) electrons. The molecule has 0 saturated heterocycles. The van der Waals surface area contributed by atoms with Gasteiger partial charge in [-0.3, -0.25) is 9.59 Å².